The lowest BCUT2D eigenvalue weighted by Crippen LogP contribution is -2.55. The van der Waals surface area contributed by atoms with Crippen molar-refractivity contribution in [2.45, 2.75) is 13.0 Å². The van der Waals surface area contributed by atoms with E-state index in [-0.39, 0.29) is 11.8 Å². The third kappa shape index (κ3) is 2.40. The average molecular weight is 284 g/mol. The fraction of sp³-hybridized carbons (Fsp3) is 0.267. The molecule has 1 aliphatic heterocycles. The second-order valence-corrected chi connectivity index (χ2v) is 4.99. The van der Waals surface area contributed by atoms with Gasteiger partial charge in [-0.3, -0.25) is 14.7 Å². The number of hydrogen-bond donors (Lipinski definition) is 2. The van der Waals surface area contributed by atoms with Crippen molar-refractivity contribution in [3.8, 4) is 11.3 Å². The van der Waals surface area contributed by atoms with E-state index in [1.165, 1.54) is 6.20 Å². The summed E-state index contributed by atoms with van der Waals surface area (Å²) in [5.74, 6) is -0.302. The van der Waals surface area contributed by atoms with Crippen molar-refractivity contribution in [1.29, 1.82) is 0 Å². The van der Waals surface area contributed by atoms with E-state index in [0.29, 0.717) is 24.3 Å². The van der Waals surface area contributed by atoms with E-state index in [1.807, 2.05) is 30.3 Å². The van der Waals surface area contributed by atoms with Crippen LogP contribution in [0.5, 0.6) is 0 Å². The number of hydrogen-bond acceptors (Lipinski definition) is 3. The lowest BCUT2D eigenvalue weighted by atomic mass is 10.1. The molecule has 0 saturated carbocycles. The van der Waals surface area contributed by atoms with Gasteiger partial charge < -0.3 is 10.2 Å². The smallest absolute Gasteiger partial charge is 0.258 e. The number of amides is 2. The molecule has 2 amide bonds. The molecule has 1 aliphatic rings. The molecule has 3 rings (SSSR count). The van der Waals surface area contributed by atoms with Crippen LogP contribution in [0.2, 0.25) is 0 Å². The summed E-state index contributed by atoms with van der Waals surface area (Å²) in [5, 5.41) is 9.61. The first-order valence-corrected chi connectivity index (χ1v) is 6.86. The van der Waals surface area contributed by atoms with E-state index in [0.717, 1.165) is 5.56 Å². The highest BCUT2D eigenvalue weighted by Crippen LogP contribution is 2.23. The Morgan fingerprint density at radius 1 is 1.33 bits per heavy atom. The van der Waals surface area contributed by atoms with Gasteiger partial charge in [0, 0.05) is 18.7 Å². The molecular formula is C15H16N4O2. The molecular weight excluding hydrogens is 268 g/mol. The number of H-pyrrole nitrogens is 1. The topological polar surface area (TPSA) is 78.1 Å². The summed E-state index contributed by atoms with van der Waals surface area (Å²) in [6, 6.07) is 9.08. The molecule has 6 heteroatoms. The van der Waals surface area contributed by atoms with Crippen molar-refractivity contribution < 1.29 is 9.59 Å². The molecule has 0 bridgehead atoms. The van der Waals surface area contributed by atoms with Crippen molar-refractivity contribution in [2.24, 2.45) is 0 Å². The zero-order valence-corrected chi connectivity index (χ0v) is 11.7. The highest BCUT2D eigenvalue weighted by atomic mass is 16.2. The van der Waals surface area contributed by atoms with Crippen molar-refractivity contribution in [3.63, 3.8) is 0 Å². The Hall–Kier alpha value is -2.63. The second-order valence-electron chi connectivity index (χ2n) is 4.99. The Morgan fingerprint density at radius 2 is 2.10 bits per heavy atom. The number of carbonyl (C=O) groups is 2. The number of aromatic nitrogens is 2. The summed E-state index contributed by atoms with van der Waals surface area (Å²) in [6.45, 7) is 2.72. The summed E-state index contributed by atoms with van der Waals surface area (Å²) in [5.41, 5.74) is 2.06. The molecule has 108 valence electrons. The molecule has 1 atom stereocenters. The first-order valence-electron chi connectivity index (χ1n) is 6.86. The number of rotatable bonds is 2. The first kappa shape index (κ1) is 13.4. The van der Waals surface area contributed by atoms with Gasteiger partial charge in [0.05, 0.1) is 17.5 Å². The van der Waals surface area contributed by atoms with Crippen LogP contribution in [0.4, 0.5) is 0 Å². The van der Waals surface area contributed by atoms with Gasteiger partial charge in [-0.1, -0.05) is 30.3 Å². The quantitative estimate of drug-likeness (QED) is 0.865. The number of nitrogens with one attached hydrogen (secondary N) is 2. The monoisotopic (exact) mass is 284 g/mol. The van der Waals surface area contributed by atoms with Crippen LogP contribution in [0.25, 0.3) is 11.3 Å². The molecule has 0 aliphatic carbocycles. The van der Waals surface area contributed by atoms with Gasteiger partial charge in [0.1, 0.15) is 6.04 Å². The Kier molecular flexibility index (Phi) is 3.43. The molecule has 0 radical (unpaired) electrons. The number of benzene rings is 1. The maximum absolute atomic E-state index is 12.7. The normalized spacial score (nSPS) is 18.4. The average Bonchev–Trinajstić information content (AvgIpc) is 3.00. The Labute approximate surface area is 122 Å². The number of carbonyl (C=O) groups excluding carboxylic acids is 2. The molecule has 2 aromatic rings. The number of piperazine rings is 1. The van der Waals surface area contributed by atoms with Crippen LogP contribution in [-0.2, 0) is 4.79 Å². The van der Waals surface area contributed by atoms with Gasteiger partial charge >= 0.3 is 0 Å². The van der Waals surface area contributed by atoms with Crippen LogP contribution < -0.4 is 5.32 Å². The fourth-order valence-electron chi connectivity index (χ4n) is 2.49. The maximum atomic E-state index is 12.7. The molecule has 21 heavy (non-hydrogen) atoms. The van der Waals surface area contributed by atoms with Crippen molar-refractivity contribution in [3.05, 3.63) is 42.1 Å². The molecule has 0 spiro atoms. The van der Waals surface area contributed by atoms with Gasteiger partial charge in [0.15, 0.2) is 0 Å². The van der Waals surface area contributed by atoms with Gasteiger partial charge in [0.2, 0.25) is 5.91 Å². The van der Waals surface area contributed by atoms with Crippen LogP contribution >= 0.6 is 0 Å². The first-order chi connectivity index (χ1) is 10.2. The Bertz CT molecular complexity index is 665. The van der Waals surface area contributed by atoms with Gasteiger partial charge in [-0.05, 0) is 6.92 Å². The summed E-state index contributed by atoms with van der Waals surface area (Å²) in [4.78, 5) is 26.0. The molecule has 1 aromatic heterocycles. The summed E-state index contributed by atoms with van der Waals surface area (Å²) in [7, 11) is 0. The van der Waals surface area contributed by atoms with E-state index < -0.39 is 6.04 Å². The van der Waals surface area contributed by atoms with E-state index >= 15 is 0 Å². The molecule has 1 unspecified atom stereocenters. The van der Waals surface area contributed by atoms with Gasteiger partial charge in [-0.25, -0.2) is 0 Å². The van der Waals surface area contributed by atoms with E-state index in [1.54, 1.807) is 11.8 Å². The SMILES string of the molecule is CC1C(=O)NCCN1C(=O)c1cn[nH]c1-c1ccccc1. The second kappa shape index (κ2) is 5.40. The van der Waals surface area contributed by atoms with Crippen molar-refractivity contribution in [2.75, 3.05) is 13.1 Å². The lowest BCUT2D eigenvalue weighted by Gasteiger charge is -2.32. The van der Waals surface area contributed by atoms with Crippen LogP contribution in [-0.4, -0.2) is 46.0 Å². The zero-order valence-electron chi connectivity index (χ0n) is 11.7. The Morgan fingerprint density at radius 3 is 2.86 bits per heavy atom. The molecule has 1 saturated heterocycles. The Balaban J connectivity index is 1.93. The summed E-state index contributed by atoms with van der Waals surface area (Å²) >= 11 is 0. The van der Waals surface area contributed by atoms with E-state index in [4.69, 9.17) is 0 Å². The third-order valence-electron chi connectivity index (χ3n) is 3.69. The molecule has 2 heterocycles. The largest absolute Gasteiger partial charge is 0.353 e. The maximum Gasteiger partial charge on any atom is 0.258 e. The highest BCUT2D eigenvalue weighted by Gasteiger charge is 2.31. The van der Waals surface area contributed by atoms with Crippen LogP contribution in [0.1, 0.15) is 17.3 Å². The minimum absolute atomic E-state index is 0.126. The predicted molar refractivity (Wildman–Crippen MR) is 77.5 cm³/mol. The van der Waals surface area contributed by atoms with Gasteiger partial charge in [0.25, 0.3) is 5.91 Å². The molecule has 2 N–H and O–H groups in total. The summed E-state index contributed by atoms with van der Waals surface area (Å²) in [6.07, 6.45) is 1.52. The van der Waals surface area contributed by atoms with Gasteiger partial charge in [-0.15, -0.1) is 0 Å². The van der Waals surface area contributed by atoms with Crippen LogP contribution in [0, 0.1) is 0 Å². The van der Waals surface area contributed by atoms with Crippen molar-refractivity contribution in [1.82, 2.24) is 20.4 Å². The molecule has 1 fully saturated rings. The number of aromatic amines is 1. The minimum atomic E-state index is -0.468. The van der Waals surface area contributed by atoms with Gasteiger partial charge in [-0.2, -0.15) is 5.10 Å². The molecule has 6 nitrogen and oxygen atoms in total. The van der Waals surface area contributed by atoms with Crippen LogP contribution in [0.3, 0.4) is 0 Å². The molecule has 1 aromatic carbocycles. The standard InChI is InChI=1S/C15H16N4O2/c1-10-14(20)16-7-8-19(10)15(21)12-9-17-18-13(12)11-5-3-2-4-6-11/h2-6,9-10H,7-8H2,1H3,(H,16,20)(H,17,18). The zero-order chi connectivity index (χ0) is 14.8. The fourth-order valence-corrected chi connectivity index (χ4v) is 2.49. The summed E-state index contributed by atoms with van der Waals surface area (Å²) < 4.78 is 0. The predicted octanol–water partition coefficient (Wildman–Crippen LogP) is 1.04. The van der Waals surface area contributed by atoms with E-state index in [2.05, 4.69) is 15.5 Å². The lowest BCUT2D eigenvalue weighted by molar-refractivity contribution is -0.127. The van der Waals surface area contributed by atoms with E-state index in [9.17, 15) is 9.59 Å². The highest BCUT2D eigenvalue weighted by molar-refractivity contribution is 6.02. The third-order valence-corrected chi connectivity index (χ3v) is 3.69. The number of nitrogens with zero attached hydrogens (tertiary/aromatic N) is 2. The van der Waals surface area contributed by atoms with Crippen molar-refractivity contribution >= 4 is 11.8 Å². The minimum Gasteiger partial charge on any atom is -0.353 e. The van der Waals surface area contributed by atoms with Crippen LogP contribution in [0.15, 0.2) is 36.5 Å².